The van der Waals surface area contributed by atoms with Crippen LogP contribution in [0.4, 0.5) is 11.4 Å². The predicted molar refractivity (Wildman–Crippen MR) is 117 cm³/mol. The van der Waals surface area contributed by atoms with Crippen molar-refractivity contribution in [3.05, 3.63) is 60.2 Å². The molecule has 2 aromatic rings. The molecule has 1 saturated carbocycles. The van der Waals surface area contributed by atoms with Gasteiger partial charge in [-0.1, -0.05) is 68.5 Å². The minimum Gasteiger partial charge on any atom is -0.378 e. The van der Waals surface area contributed by atoms with Gasteiger partial charge in [-0.2, -0.15) is 0 Å². The third-order valence-electron chi connectivity index (χ3n) is 6.46. The van der Waals surface area contributed by atoms with Gasteiger partial charge < -0.3 is 10.2 Å². The molecule has 0 unspecified atom stereocenters. The lowest BCUT2D eigenvalue weighted by Gasteiger charge is -2.40. The van der Waals surface area contributed by atoms with Crippen molar-refractivity contribution in [3.63, 3.8) is 0 Å². The second-order valence-electron chi connectivity index (χ2n) is 8.51. The molecule has 1 fully saturated rings. The highest BCUT2D eigenvalue weighted by atomic mass is 16.2. The van der Waals surface area contributed by atoms with E-state index in [9.17, 15) is 4.79 Å². The third kappa shape index (κ3) is 4.24. The van der Waals surface area contributed by atoms with E-state index in [0.29, 0.717) is 12.3 Å². The van der Waals surface area contributed by atoms with Crippen LogP contribution in [0, 0.1) is 5.92 Å². The molecule has 3 nitrogen and oxygen atoms in total. The number of amides is 1. The molecule has 1 N–H and O–H groups in total. The van der Waals surface area contributed by atoms with Crippen LogP contribution in [0.3, 0.4) is 0 Å². The van der Waals surface area contributed by atoms with Crippen molar-refractivity contribution in [1.82, 2.24) is 0 Å². The van der Waals surface area contributed by atoms with Crippen LogP contribution in [0.5, 0.6) is 0 Å². The Balaban J connectivity index is 1.49. The molecule has 0 bridgehead atoms. The van der Waals surface area contributed by atoms with E-state index in [1.807, 2.05) is 6.07 Å². The van der Waals surface area contributed by atoms with Crippen LogP contribution < -0.4 is 10.2 Å². The number of nitrogens with zero attached hydrogens (tertiary/aromatic N) is 1. The van der Waals surface area contributed by atoms with Gasteiger partial charge in [0.25, 0.3) is 0 Å². The van der Waals surface area contributed by atoms with Gasteiger partial charge in [-0.3, -0.25) is 4.79 Å². The largest absolute Gasteiger partial charge is 0.378 e. The molecule has 0 aromatic heterocycles. The van der Waals surface area contributed by atoms with Crippen LogP contribution in [0.1, 0.15) is 69.9 Å². The molecule has 4 rings (SSSR count). The summed E-state index contributed by atoms with van der Waals surface area (Å²) in [6.45, 7) is 2.19. The van der Waals surface area contributed by atoms with Crippen molar-refractivity contribution in [3.8, 4) is 0 Å². The van der Waals surface area contributed by atoms with Gasteiger partial charge in [0.1, 0.15) is 0 Å². The van der Waals surface area contributed by atoms with Crippen LogP contribution in [-0.4, -0.2) is 11.9 Å². The smallest absolute Gasteiger partial charge is 0.227 e. The number of rotatable bonds is 5. The summed E-state index contributed by atoms with van der Waals surface area (Å²) < 4.78 is 0. The van der Waals surface area contributed by atoms with Crippen LogP contribution in [0.2, 0.25) is 0 Å². The summed E-state index contributed by atoms with van der Waals surface area (Å²) in [7, 11) is 0. The fourth-order valence-corrected chi connectivity index (χ4v) is 4.99. The number of nitrogens with one attached hydrogen (secondary N) is 1. The lowest BCUT2D eigenvalue weighted by molar-refractivity contribution is -0.119. The van der Waals surface area contributed by atoms with Crippen molar-refractivity contribution >= 4 is 17.3 Å². The van der Waals surface area contributed by atoms with E-state index >= 15 is 0 Å². The molecule has 1 amide bonds. The zero-order valence-corrected chi connectivity index (χ0v) is 16.9. The van der Waals surface area contributed by atoms with Gasteiger partial charge in [0.2, 0.25) is 5.91 Å². The molecule has 148 valence electrons. The summed E-state index contributed by atoms with van der Waals surface area (Å²) in [6.07, 6.45) is 9.34. The number of benzene rings is 2. The van der Waals surface area contributed by atoms with Crippen molar-refractivity contribution < 1.29 is 4.79 Å². The molecular formula is C25H32N2O. The van der Waals surface area contributed by atoms with Gasteiger partial charge in [-0.15, -0.1) is 0 Å². The average Bonchev–Trinajstić information content (AvgIpc) is 2.74. The predicted octanol–water partition coefficient (Wildman–Crippen LogP) is 6.33. The van der Waals surface area contributed by atoms with E-state index < -0.39 is 0 Å². The Bertz CT molecular complexity index is 782. The quantitative estimate of drug-likeness (QED) is 0.662. The third-order valence-corrected chi connectivity index (χ3v) is 6.46. The number of para-hydroxylation sites is 2. The average molecular weight is 377 g/mol. The van der Waals surface area contributed by atoms with Gasteiger partial charge >= 0.3 is 0 Å². The maximum atomic E-state index is 13.2. The van der Waals surface area contributed by atoms with Crippen molar-refractivity contribution in [2.45, 2.75) is 70.4 Å². The molecule has 0 saturated heterocycles. The monoisotopic (exact) mass is 376 g/mol. The Kier molecular flexibility index (Phi) is 5.99. The summed E-state index contributed by atoms with van der Waals surface area (Å²) in [4.78, 5) is 15.3. The summed E-state index contributed by atoms with van der Waals surface area (Å²) in [5.41, 5.74) is 3.45. The molecule has 28 heavy (non-hydrogen) atoms. The molecule has 0 spiro atoms. The first-order valence-corrected chi connectivity index (χ1v) is 10.9. The van der Waals surface area contributed by atoms with Gasteiger partial charge in [-0.05, 0) is 49.4 Å². The highest BCUT2D eigenvalue weighted by Crippen LogP contribution is 2.39. The zero-order chi connectivity index (χ0) is 19.3. The first-order valence-electron chi connectivity index (χ1n) is 10.9. The molecule has 0 radical (unpaired) electrons. The van der Waals surface area contributed by atoms with E-state index in [4.69, 9.17) is 0 Å². The zero-order valence-electron chi connectivity index (χ0n) is 16.9. The fraction of sp³-hybridized carbons (Fsp3) is 0.480. The van der Waals surface area contributed by atoms with E-state index in [1.54, 1.807) is 0 Å². The van der Waals surface area contributed by atoms with E-state index in [2.05, 4.69) is 65.7 Å². The molecule has 1 heterocycles. The van der Waals surface area contributed by atoms with Crippen LogP contribution in [-0.2, 0) is 4.79 Å². The normalized spacial score (nSPS) is 22.5. The second-order valence-corrected chi connectivity index (χ2v) is 8.51. The topological polar surface area (TPSA) is 32.3 Å². The fourth-order valence-electron chi connectivity index (χ4n) is 4.99. The molecule has 3 heteroatoms. The van der Waals surface area contributed by atoms with E-state index in [1.165, 1.54) is 37.7 Å². The SMILES string of the molecule is C[C@@H]1C[C@H](Nc2ccccc2)c2ccccc2N1C(=O)CCC1CCCCC1. The first-order chi connectivity index (χ1) is 13.7. The summed E-state index contributed by atoms with van der Waals surface area (Å²) in [5, 5.41) is 3.67. The molecule has 1 aliphatic heterocycles. The standard InChI is InChI=1S/C25H32N2O/c1-19-18-23(26-21-12-6-3-7-13-21)22-14-8-9-15-24(22)27(19)25(28)17-16-20-10-4-2-5-11-20/h3,6-9,12-15,19-20,23,26H,2,4-5,10-11,16-18H2,1H3/t19-,23+/m1/s1. The van der Waals surface area contributed by atoms with Crippen LogP contribution in [0.15, 0.2) is 54.6 Å². The lowest BCUT2D eigenvalue weighted by Crippen LogP contribution is -2.44. The summed E-state index contributed by atoms with van der Waals surface area (Å²) in [5.74, 6) is 1.05. The highest BCUT2D eigenvalue weighted by Gasteiger charge is 2.33. The Labute approximate surface area is 169 Å². The number of hydrogen-bond acceptors (Lipinski definition) is 2. The number of fused-ring (bicyclic) bond motifs is 1. The molecule has 2 aromatic carbocycles. The van der Waals surface area contributed by atoms with Gasteiger partial charge in [0, 0.05) is 23.8 Å². The minimum atomic E-state index is 0.204. The minimum absolute atomic E-state index is 0.204. The van der Waals surface area contributed by atoms with Crippen molar-refractivity contribution in [2.24, 2.45) is 5.92 Å². The number of hydrogen-bond donors (Lipinski definition) is 1. The summed E-state index contributed by atoms with van der Waals surface area (Å²) >= 11 is 0. The van der Waals surface area contributed by atoms with Gasteiger partial charge in [0.05, 0.1) is 6.04 Å². The lowest BCUT2D eigenvalue weighted by atomic mass is 9.85. The molecule has 2 aliphatic rings. The van der Waals surface area contributed by atoms with Gasteiger partial charge in [0.15, 0.2) is 0 Å². The number of carbonyl (C=O) groups excluding carboxylic acids is 1. The molecule has 1 aliphatic carbocycles. The first kappa shape index (κ1) is 19.0. The second kappa shape index (κ2) is 8.81. The number of carbonyl (C=O) groups is 1. The van der Waals surface area contributed by atoms with Crippen molar-refractivity contribution in [1.29, 1.82) is 0 Å². The summed E-state index contributed by atoms with van der Waals surface area (Å²) in [6, 6.07) is 19.2. The maximum Gasteiger partial charge on any atom is 0.227 e. The van der Waals surface area contributed by atoms with Crippen molar-refractivity contribution in [2.75, 3.05) is 10.2 Å². The van der Waals surface area contributed by atoms with Gasteiger partial charge in [-0.25, -0.2) is 0 Å². The Morgan fingerprint density at radius 1 is 1.00 bits per heavy atom. The Morgan fingerprint density at radius 3 is 2.50 bits per heavy atom. The molecular weight excluding hydrogens is 344 g/mol. The molecule has 2 atom stereocenters. The van der Waals surface area contributed by atoms with Crippen LogP contribution >= 0.6 is 0 Å². The maximum absolute atomic E-state index is 13.2. The Morgan fingerprint density at radius 2 is 1.71 bits per heavy atom. The van der Waals surface area contributed by atoms with E-state index in [0.717, 1.165) is 30.1 Å². The highest BCUT2D eigenvalue weighted by molar-refractivity contribution is 5.95. The van der Waals surface area contributed by atoms with Crippen LogP contribution in [0.25, 0.3) is 0 Å². The number of anilines is 2. The van der Waals surface area contributed by atoms with E-state index in [-0.39, 0.29) is 12.1 Å². The Hall–Kier alpha value is -2.29.